The fourth-order valence-electron chi connectivity index (χ4n) is 3.68. The van der Waals surface area contributed by atoms with Gasteiger partial charge in [-0.15, -0.1) is 0 Å². The number of rotatable bonds is 7. The highest BCUT2D eigenvalue weighted by molar-refractivity contribution is 6.01. The molecule has 160 valence electrons. The van der Waals surface area contributed by atoms with Gasteiger partial charge in [0.05, 0.1) is 35.4 Å². The molecular weight excluding hydrogens is 394 g/mol. The molecule has 2 amide bonds. The van der Waals surface area contributed by atoms with Gasteiger partial charge in [-0.3, -0.25) is 14.3 Å². The second kappa shape index (κ2) is 8.51. The number of carbonyl (C=O) groups is 2. The van der Waals surface area contributed by atoms with Crippen molar-refractivity contribution >= 4 is 28.6 Å². The fraction of sp³-hybridized carbons (Fsp3) is 0.261. The Hall–Kier alpha value is -3.81. The van der Waals surface area contributed by atoms with Crippen molar-refractivity contribution in [1.29, 1.82) is 0 Å². The Morgan fingerprint density at radius 2 is 1.90 bits per heavy atom. The van der Waals surface area contributed by atoms with E-state index in [0.717, 1.165) is 29.9 Å². The first kappa shape index (κ1) is 20.5. The summed E-state index contributed by atoms with van der Waals surface area (Å²) in [6.07, 6.45) is 2.43. The third-order valence-electron chi connectivity index (χ3n) is 5.41. The lowest BCUT2D eigenvalue weighted by molar-refractivity contribution is -0.115. The van der Waals surface area contributed by atoms with Crippen molar-refractivity contribution in [3.63, 3.8) is 0 Å². The first-order valence-electron chi connectivity index (χ1n) is 10.1. The van der Waals surface area contributed by atoms with Crippen LogP contribution in [0.15, 0.2) is 53.1 Å². The van der Waals surface area contributed by atoms with Gasteiger partial charge < -0.3 is 19.6 Å². The van der Waals surface area contributed by atoms with E-state index in [1.165, 1.54) is 5.56 Å². The quantitative estimate of drug-likeness (QED) is 0.481. The molecule has 2 N–H and O–H groups in total. The Kier molecular flexibility index (Phi) is 5.62. The summed E-state index contributed by atoms with van der Waals surface area (Å²) in [6.45, 7) is 4.37. The van der Waals surface area contributed by atoms with Gasteiger partial charge in [0.2, 0.25) is 5.91 Å². The van der Waals surface area contributed by atoms with Crippen molar-refractivity contribution in [1.82, 2.24) is 19.7 Å². The summed E-state index contributed by atoms with van der Waals surface area (Å²) >= 11 is 0. The summed E-state index contributed by atoms with van der Waals surface area (Å²) < 4.78 is 8.95. The van der Waals surface area contributed by atoms with Gasteiger partial charge in [-0.2, -0.15) is 5.10 Å². The Morgan fingerprint density at radius 1 is 1.13 bits per heavy atom. The van der Waals surface area contributed by atoms with Crippen molar-refractivity contribution in [2.45, 2.75) is 26.8 Å². The summed E-state index contributed by atoms with van der Waals surface area (Å²) in [6, 6.07) is 13.6. The van der Waals surface area contributed by atoms with Crippen LogP contribution in [0.1, 0.15) is 27.4 Å². The van der Waals surface area contributed by atoms with Crippen molar-refractivity contribution < 1.29 is 14.0 Å². The van der Waals surface area contributed by atoms with Crippen LogP contribution in [0.3, 0.4) is 0 Å². The molecule has 0 fully saturated rings. The number of hydrogen-bond acceptors (Lipinski definition) is 4. The summed E-state index contributed by atoms with van der Waals surface area (Å²) in [5.41, 5.74) is 5.43. The maximum atomic E-state index is 12.5. The van der Waals surface area contributed by atoms with E-state index in [-0.39, 0.29) is 18.4 Å². The third-order valence-corrected chi connectivity index (χ3v) is 5.41. The number of anilines is 1. The maximum Gasteiger partial charge on any atom is 0.268 e. The molecule has 8 heteroatoms. The van der Waals surface area contributed by atoms with Gasteiger partial charge in [-0.1, -0.05) is 30.3 Å². The van der Waals surface area contributed by atoms with Crippen LogP contribution in [0.4, 0.5) is 5.69 Å². The normalized spacial score (nSPS) is 11.1. The van der Waals surface area contributed by atoms with Gasteiger partial charge in [0.15, 0.2) is 5.58 Å². The van der Waals surface area contributed by atoms with E-state index in [2.05, 4.69) is 27.9 Å². The van der Waals surface area contributed by atoms with E-state index in [1.54, 1.807) is 30.0 Å². The van der Waals surface area contributed by atoms with Crippen LogP contribution in [0.5, 0.6) is 0 Å². The summed E-state index contributed by atoms with van der Waals surface area (Å²) in [5.74, 6) is -0.642. The number of amides is 2. The predicted molar refractivity (Wildman–Crippen MR) is 118 cm³/mol. The molecule has 0 unspecified atom stereocenters. The molecule has 8 nitrogen and oxygen atoms in total. The van der Waals surface area contributed by atoms with E-state index in [1.807, 2.05) is 36.7 Å². The SMILES string of the molecule is Cc1nn(CCc2ccccc2)c(C)c1NC(=O)CNC(=O)c1cc2occc2n1C. The number of furan rings is 1. The zero-order chi connectivity index (χ0) is 22.0. The molecule has 0 radical (unpaired) electrons. The first-order chi connectivity index (χ1) is 14.9. The smallest absolute Gasteiger partial charge is 0.268 e. The number of hydrogen-bond donors (Lipinski definition) is 2. The molecular formula is C23H25N5O3. The van der Waals surface area contributed by atoms with Crippen LogP contribution in [0.2, 0.25) is 0 Å². The van der Waals surface area contributed by atoms with Crippen molar-refractivity contribution in [3.8, 4) is 0 Å². The van der Waals surface area contributed by atoms with Crippen molar-refractivity contribution in [2.75, 3.05) is 11.9 Å². The first-order valence-corrected chi connectivity index (χ1v) is 10.1. The molecule has 0 bridgehead atoms. The van der Waals surface area contributed by atoms with E-state index in [0.29, 0.717) is 17.0 Å². The average molecular weight is 419 g/mol. The highest BCUT2D eigenvalue weighted by atomic mass is 16.3. The second-order valence-corrected chi connectivity index (χ2v) is 7.49. The molecule has 0 atom stereocenters. The van der Waals surface area contributed by atoms with Crippen LogP contribution in [0, 0.1) is 13.8 Å². The van der Waals surface area contributed by atoms with E-state index < -0.39 is 0 Å². The molecule has 0 saturated carbocycles. The van der Waals surface area contributed by atoms with Crippen LogP contribution in [0.25, 0.3) is 11.1 Å². The highest BCUT2D eigenvalue weighted by Gasteiger charge is 2.18. The molecule has 31 heavy (non-hydrogen) atoms. The van der Waals surface area contributed by atoms with Crippen LogP contribution in [-0.2, 0) is 24.8 Å². The minimum absolute atomic E-state index is 0.139. The molecule has 0 spiro atoms. The maximum absolute atomic E-state index is 12.5. The number of nitrogens with zero attached hydrogens (tertiary/aromatic N) is 3. The van der Waals surface area contributed by atoms with Gasteiger partial charge in [0.25, 0.3) is 5.91 Å². The molecule has 1 aromatic carbocycles. The number of nitrogens with one attached hydrogen (secondary N) is 2. The number of fused-ring (bicyclic) bond motifs is 1. The molecule has 0 saturated heterocycles. The number of aromatic nitrogens is 3. The van der Waals surface area contributed by atoms with E-state index >= 15 is 0 Å². The molecule has 4 rings (SSSR count). The molecule has 0 aliphatic carbocycles. The monoisotopic (exact) mass is 419 g/mol. The molecule has 0 aliphatic rings. The molecule has 4 aromatic rings. The van der Waals surface area contributed by atoms with Crippen LogP contribution in [-0.4, -0.2) is 32.7 Å². The second-order valence-electron chi connectivity index (χ2n) is 7.49. The van der Waals surface area contributed by atoms with Crippen LogP contribution >= 0.6 is 0 Å². The third kappa shape index (κ3) is 4.23. The minimum Gasteiger partial charge on any atom is -0.463 e. The fourth-order valence-corrected chi connectivity index (χ4v) is 3.68. The molecule has 3 aromatic heterocycles. The minimum atomic E-state index is -0.337. The zero-order valence-corrected chi connectivity index (χ0v) is 17.8. The standard InChI is InChI=1S/C23H25N5O3/c1-15-22(16(2)28(26-15)11-9-17-7-5-4-6-8-17)25-21(29)14-24-23(30)19-13-20-18(27(19)3)10-12-31-20/h4-8,10,12-13H,9,11,14H2,1-3H3,(H,24,30)(H,25,29). The average Bonchev–Trinajstić information content (AvgIpc) is 3.43. The molecule has 0 aliphatic heterocycles. The highest BCUT2D eigenvalue weighted by Crippen LogP contribution is 2.21. The van der Waals surface area contributed by atoms with E-state index in [4.69, 9.17) is 4.42 Å². The lowest BCUT2D eigenvalue weighted by Gasteiger charge is -2.09. The van der Waals surface area contributed by atoms with Crippen LogP contribution < -0.4 is 10.6 Å². The van der Waals surface area contributed by atoms with Gasteiger partial charge in [-0.25, -0.2) is 0 Å². The van der Waals surface area contributed by atoms with E-state index in [9.17, 15) is 9.59 Å². The summed E-state index contributed by atoms with van der Waals surface area (Å²) in [5, 5.41) is 10.1. The number of aryl methyl sites for hydroxylation is 4. The topological polar surface area (TPSA) is 94.1 Å². The van der Waals surface area contributed by atoms with Crippen molar-refractivity contribution in [2.24, 2.45) is 7.05 Å². The summed E-state index contributed by atoms with van der Waals surface area (Å²) in [4.78, 5) is 24.9. The van der Waals surface area contributed by atoms with Gasteiger partial charge in [-0.05, 0) is 25.8 Å². The Balaban J connectivity index is 1.36. The van der Waals surface area contributed by atoms with Gasteiger partial charge in [0.1, 0.15) is 5.69 Å². The molecule has 3 heterocycles. The largest absolute Gasteiger partial charge is 0.463 e. The Morgan fingerprint density at radius 3 is 2.65 bits per heavy atom. The van der Waals surface area contributed by atoms with Gasteiger partial charge >= 0.3 is 0 Å². The van der Waals surface area contributed by atoms with Crippen molar-refractivity contribution in [3.05, 3.63) is 71.4 Å². The predicted octanol–water partition coefficient (Wildman–Crippen LogP) is 3.20. The van der Waals surface area contributed by atoms with Gasteiger partial charge in [0, 0.05) is 25.7 Å². The Bertz CT molecular complexity index is 1230. The summed E-state index contributed by atoms with van der Waals surface area (Å²) in [7, 11) is 1.78. The Labute approximate surface area is 179 Å². The lowest BCUT2D eigenvalue weighted by atomic mass is 10.1. The zero-order valence-electron chi connectivity index (χ0n) is 17.8. The lowest BCUT2D eigenvalue weighted by Crippen LogP contribution is -2.34. The number of benzene rings is 1. The number of carbonyl (C=O) groups excluding carboxylic acids is 2.